The number of aromatic nitrogens is 3. The van der Waals surface area contributed by atoms with Crippen LogP contribution in [-0.4, -0.2) is 14.8 Å². The van der Waals surface area contributed by atoms with Crippen LogP contribution in [0.15, 0.2) is 20.1 Å². The van der Waals surface area contributed by atoms with Crippen LogP contribution >= 0.6 is 15.9 Å². The van der Waals surface area contributed by atoms with Crippen LogP contribution in [0.2, 0.25) is 0 Å². The zero-order valence-electron chi connectivity index (χ0n) is 8.17. The Bertz CT molecular complexity index is 657. The third kappa shape index (κ3) is 1.41. The lowest BCUT2D eigenvalue weighted by Gasteiger charge is -2.06. The SMILES string of the molecule is Cc1n[nH]c(=O)c2cc(Br)c(=O)n(C)c12. The lowest BCUT2D eigenvalue weighted by molar-refractivity contribution is 0.867. The molecule has 2 rings (SSSR count). The highest BCUT2D eigenvalue weighted by Gasteiger charge is 2.09. The molecule has 78 valence electrons. The number of rotatable bonds is 0. The molecule has 0 aromatic carbocycles. The molecular weight excluding hydrogens is 262 g/mol. The van der Waals surface area contributed by atoms with E-state index in [0.29, 0.717) is 21.1 Å². The molecule has 0 aliphatic carbocycles. The van der Waals surface area contributed by atoms with Crippen LogP contribution in [0.4, 0.5) is 0 Å². The van der Waals surface area contributed by atoms with Gasteiger partial charge in [0.15, 0.2) is 0 Å². The van der Waals surface area contributed by atoms with Crippen LogP contribution in [0, 0.1) is 6.92 Å². The molecule has 0 radical (unpaired) electrons. The lowest BCUT2D eigenvalue weighted by Crippen LogP contribution is -2.22. The highest BCUT2D eigenvalue weighted by molar-refractivity contribution is 9.10. The highest BCUT2D eigenvalue weighted by Crippen LogP contribution is 2.13. The summed E-state index contributed by atoms with van der Waals surface area (Å²) in [7, 11) is 1.61. The van der Waals surface area contributed by atoms with Crippen molar-refractivity contribution in [2.45, 2.75) is 6.92 Å². The first-order valence-corrected chi connectivity index (χ1v) is 5.06. The first kappa shape index (κ1) is 10.1. The van der Waals surface area contributed by atoms with E-state index in [1.54, 1.807) is 14.0 Å². The molecule has 0 atom stereocenters. The van der Waals surface area contributed by atoms with E-state index in [-0.39, 0.29) is 11.1 Å². The smallest absolute Gasteiger partial charge is 0.273 e. The second-order valence-electron chi connectivity index (χ2n) is 3.26. The summed E-state index contributed by atoms with van der Waals surface area (Å²) in [5.74, 6) is 0. The summed E-state index contributed by atoms with van der Waals surface area (Å²) < 4.78 is 1.78. The van der Waals surface area contributed by atoms with Gasteiger partial charge in [-0.1, -0.05) is 0 Å². The minimum Gasteiger partial charge on any atom is -0.308 e. The molecule has 2 aromatic rings. The standard InChI is InChI=1S/C9H8BrN3O2/c1-4-7-5(8(14)12-11-4)3-6(10)9(15)13(7)2/h3H,1-2H3,(H,12,14). The van der Waals surface area contributed by atoms with Crippen molar-refractivity contribution >= 4 is 26.8 Å². The molecule has 0 amide bonds. The van der Waals surface area contributed by atoms with Gasteiger partial charge in [-0.15, -0.1) is 0 Å². The fourth-order valence-electron chi connectivity index (χ4n) is 1.56. The number of fused-ring (bicyclic) bond motifs is 1. The average molecular weight is 270 g/mol. The Hall–Kier alpha value is -1.43. The summed E-state index contributed by atoms with van der Waals surface area (Å²) in [4.78, 5) is 23.1. The molecule has 0 fully saturated rings. The van der Waals surface area contributed by atoms with Crippen molar-refractivity contribution in [3.8, 4) is 0 Å². The quantitative estimate of drug-likeness (QED) is 0.766. The fourth-order valence-corrected chi connectivity index (χ4v) is 2.05. The summed E-state index contributed by atoms with van der Waals surface area (Å²) in [6, 6.07) is 1.52. The molecule has 1 N–H and O–H groups in total. The first-order valence-electron chi connectivity index (χ1n) is 4.27. The second-order valence-corrected chi connectivity index (χ2v) is 4.11. The summed E-state index contributed by atoms with van der Waals surface area (Å²) in [5, 5.41) is 6.66. The molecule has 0 unspecified atom stereocenters. The molecule has 6 heteroatoms. The number of nitrogens with one attached hydrogen (secondary N) is 1. The van der Waals surface area contributed by atoms with E-state index < -0.39 is 0 Å². The van der Waals surface area contributed by atoms with Gasteiger partial charge < -0.3 is 4.57 Å². The van der Waals surface area contributed by atoms with Crippen molar-refractivity contribution in [3.63, 3.8) is 0 Å². The molecule has 0 saturated heterocycles. The molecule has 0 aliphatic rings. The number of halogens is 1. The summed E-state index contributed by atoms with van der Waals surface area (Å²) in [6.45, 7) is 1.74. The van der Waals surface area contributed by atoms with E-state index in [1.165, 1.54) is 10.6 Å². The summed E-state index contributed by atoms with van der Waals surface area (Å²) in [5.41, 5.74) is 0.702. The van der Waals surface area contributed by atoms with Crippen LogP contribution < -0.4 is 11.1 Å². The van der Waals surface area contributed by atoms with Gasteiger partial charge in [-0.05, 0) is 28.9 Å². The summed E-state index contributed by atoms with van der Waals surface area (Å²) in [6.07, 6.45) is 0. The van der Waals surface area contributed by atoms with E-state index in [2.05, 4.69) is 26.1 Å². The molecule has 0 spiro atoms. The van der Waals surface area contributed by atoms with Crippen molar-refractivity contribution in [2.24, 2.45) is 7.05 Å². The molecule has 2 aromatic heterocycles. The van der Waals surface area contributed by atoms with Gasteiger partial charge >= 0.3 is 0 Å². The molecule has 2 heterocycles. The van der Waals surface area contributed by atoms with Crippen LogP contribution in [0.3, 0.4) is 0 Å². The molecule has 0 aliphatic heterocycles. The minimum atomic E-state index is -0.299. The van der Waals surface area contributed by atoms with E-state index >= 15 is 0 Å². The molecule has 15 heavy (non-hydrogen) atoms. The number of aryl methyl sites for hydroxylation is 2. The molecule has 0 saturated carbocycles. The lowest BCUT2D eigenvalue weighted by atomic mass is 10.2. The Balaban J connectivity index is 3.19. The van der Waals surface area contributed by atoms with Crippen LogP contribution in [0.25, 0.3) is 10.9 Å². The van der Waals surface area contributed by atoms with Crippen molar-refractivity contribution in [1.29, 1.82) is 0 Å². The number of aromatic amines is 1. The normalized spacial score (nSPS) is 10.9. The van der Waals surface area contributed by atoms with Gasteiger partial charge in [-0.3, -0.25) is 9.59 Å². The minimum absolute atomic E-state index is 0.182. The topological polar surface area (TPSA) is 67.8 Å². The van der Waals surface area contributed by atoms with Crippen molar-refractivity contribution in [3.05, 3.63) is 36.9 Å². The number of H-pyrrole nitrogens is 1. The van der Waals surface area contributed by atoms with Crippen molar-refractivity contribution < 1.29 is 0 Å². The third-order valence-corrected chi connectivity index (χ3v) is 2.85. The van der Waals surface area contributed by atoms with Crippen LogP contribution in [-0.2, 0) is 7.05 Å². The fraction of sp³-hybridized carbons (Fsp3) is 0.222. The zero-order chi connectivity index (χ0) is 11.2. The van der Waals surface area contributed by atoms with E-state index in [1.807, 2.05) is 0 Å². The number of nitrogens with zero attached hydrogens (tertiary/aromatic N) is 2. The number of hydrogen-bond acceptors (Lipinski definition) is 3. The van der Waals surface area contributed by atoms with Gasteiger partial charge in [0.1, 0.15) is 0 Å². The number of pyridine rings is 1. The summed E-state index contributed by atoms with van der Waals surface area (Å²) >= 11 is 3.12. The van der Waals surface area contributed by atoms with Crippen molar-refractivity contribution in [1.82, 2.24) is 14.8 Å². The van der Waals surface area contributed by atoms with Crippen LogP contribution in [0.1, 0.15) is 5.69 Å². The van der Waals surface area contributed by atoms with Gasteiger partial charge in [0.25, 0.3) is 11.1 Å². The Kier molecular flexibility index (Phi) is 2.22. The molecule has 5 nitrogen and oxygen atoms in total. The maximum Gasteiger partial charge on any atom is 0.273 e. The number of hydrogen-bond donors (Lipinski definition) is 1. The third-order valence-electron chi connectivity index (χ3n) is 2.28. The average Bonchev–Trinajstić information content (AvgIpc) is 2.20. The first-order chi connectivity index (χ1) is 7.02. The zero-order valence-corrected chi connectivity index (χ0v) is 9.75. The highest BCUT2D eigenvalue weighted by atomic mass is 79.9. The maximum absolute atomic E-state index is 11.6. The molecule has 0 bridgehead atoms. The maximum atomic E-state index is 11.6. The van der Waals surface area contributed by atoms with Gasteiger partial charge in [0, 0.05) is 7.05 Å². The van der Waals surface area contributed by atoms with Gasteiger partial charge in [0.2, 0.25) is 0 Å². The predicted molar refractivity (Wildman–Crippen MR) is 60.0 cm³/mol. The van der Waals surface area contributed by atoms with Gasteiger partial charge in [-0.25, -0.2) is 5.10 Å². The van der Waals surface area contributed by atoms with E-state index in [0.717, 1.165) is 0 Å². The van der Waals surface area contributed by atoms with E-state index in [4.69, 9.17) is 0 Å². The van der Waals surface area contributed by atoms with Gasteiger partial charge in [-0.2, -0.15) is 5.10 Å². The Morgan fingerprint density at radius 2 is 2.13 bits per heavy atom. The Morgan fingerprint density at radius 3 is 2.80 bits per heavy atom. The predicted octanol–water partition coefficient (Wildman–Crippen LogP) is 0.693. The monoisotopic (exact) mass is 269 g/mol. The van der Waals surface area contributed by atoms with Crippen LogP contribution in [0.5, 0.6) is 0 Å². The second kappa shape index (κ2) is 3.30. The molecular formula is C9H8BrN3O2. The van der Waals surface area contributed by atoms with E-state index in [9.17, 15) is 9.59 Å². The Labute approximate surface area is 92.9 Å². The van der Waals surface area contributed by atoms with Crippen molar-refractivity contribution in [2.75, 3.05) is 0 Å². The van der Waals surface area contributed by atoms with Gasteiger partial charge in [0.05, 0.1) is 21.1 Å². The Morgan fingerprint density at radius 1 is 1.47 bits per heavy atom. The largest absolute Gasteiger partial charge is 0.308 e.